The summed E-state index contributed by atoms with van der Waals surface area (Å²) >= 11 is 0. The van der Waals surface area contributed by atoms with Gasteiger partial charge in [0, 0.05) is 13.1 Å². The van der Waals surface area contributed by atoms with Gasteiger partial charge in [-0.3, -0.25) is 4.79 Å². The summed E-state index contributed by atoms with van der Waals surface area (Å²) in [6, 6.07) is 9.79. The second-order valence-electron chi connectivity index (χ2n) is 6.38. The van der Waals surface area contributed by atoms with Gasteiger partial charge in [0.2, 0.25) is 5.09 Å². The van der Waals surface area contributed by atoms with Crippen molar-refractivity contribution in [2.45, 2.75) is 37.7 Å². The van der Waals surface area contributed by atoms with E-state index in [-0.39, 0.29) is 10.9 Å². The second kappa shape index (κ2) is 8.58. The lowest BCUT2D eigenvalue weighted by Gasteiger charge is -2.24. The number of piperidine rings is 1. The number of ether oxygens (including phenoxy) is 1. The lowest BCUT2D eigenvalue weighted by molar-refractivity contribution is 0.0990. The molecule has 1 N–H and O–H groups in total. The zero-order chi connectivity index (χ0) is 19.3. The largest absolute Gasteiger partial charge is 0.491 e. The maximum atomic E-state index is 12.6. The molecule has 0 aliphatic carbocycles. The Morgan fingerprint density at radius 3 is 2.63 bits per heavy atom. The third-order valence-electron chi connectivity index (χ3n) is 4.31. The van der Waals surface area contributed by atoms with Gasteiger partial charge in [0.1, 0.15) is 5.75 Å². The Morgan fingerprint density at radius 1 is 1.15 bits per heavy atom. The summed E-state index contributed by atoms with van der Waals surface area (Å²) in [4.78, 5) is 12.5. The molecule has 0 saturated carbocycles. The number of hydrogen-bond donors (Lipinski definition) is 1. The van der Waals surface area contributed by atoms with Gasteiger partial charge in [0.15, 0.2) is 5.76 Å². The fourth-order valence-corrected chi connectivity index (χ4v) is 4.33. The molecule has 0 radical (unpaired) electrons. The van der Waals surface area contributed by atoms with Crippen LogP contribution < -0.4 is 10.1 Å². The molecule has 146 valence electrons. The number of hydrogen-bond acceptors (Lipinski definition) is 5. The summed E-state index contributed by atoms with van der Waals surface area (Å²) in [5.41, 5.74) is 0.507. The number of anilines is 1. The van der Waals surface area contributed by atoms with Crippen LogP contribution in [0.3, 0.4) is 0 Å². The summed E-state index contributed by atoms with van der Waals surface area (Å²) in [6.07, 6.45) is 3.54. The predicted octanol–water partition coefficient (Wildman–Crippen LogP) is 3.50. The van der Waals surface area contributed by atoms with E-state index in [0.29, 0.717) is 31.1 Å². The van der Waals surface area contributed by atoms with Crippen LogP contribution in [0.1, 0.15) is 43.2 Å². The quantitative estimate of drug-likeness (QED) is 0.779. The molecule has 3 rings (SSSR count). The van der Waals surface area contributed by atoms with Crippen molar-refractivity contribution >= 4 is 21.6 Å². The molecule has 0 spiro atoms. The maximum Gasteiger partial charge on any atom is 0.291 e. The molecule has 0 unspecified atom stereocenters. The number of nitrogens with zero attached hydrogens (tertiary/aromatic N) is 1. The van der Waals surface area contributed by atoms with Crippen molar-refractivity contribution in [2.24, 2.45) is 0 Å². The van der Waals surface area contributed by atoms with E-state index in [9.17, 15) is 13.2 Å². The number of rotatable bonds is 7. The molecule has 1 saturated heterocycles. The van der Waals surface area contributed by atoms with Crippen molar-refractivity contribution in [3.05, 3.63) is 42.2 Å². The molecular weight excluding hydrogens is 368 g/mol. The molecule has 7 nitrogen and oxygen atoms in total. The molecule has 1 aromatic carbocycles. The molecule has 1 aliphatic rings. The fraction of sp³-hybridized carbons (Fsp3) is 0.421. The molecular formula is C19H24N2O5S. The number of para-hydroxylation sites is 2. The van der Waals surface area contributed by atoms with E-state index in [4.69, 9.17) is 9.15 Å². The minimum absolute atomic E-state index is 0.0594. The highest BCUT2D eigenvalue weighted by Gasteiger charge is 2.29. The number of furan rings is 1. The molecule has 1 aliphatic heterocycles. The van der Waals surface area contributed by atoms with Gasteiger partial charge in [0.25, 0.3) is 15.9 Å². The molecule has 0 bridgehead atoms. The van der Waals surface area contributed by atoms with Crippen LogP contribution in [-0.4, -0.2) is 38.3 Å². The Balaban J connectivity index is 1.74. The number of nitrogens with one attached hydrogen (secondary N) is 1. The van der Waals surface area contributed by atoms with Crippen LogP contribution >= 0.6 is 0 Å². The smallest absolute Gasteiger partial charge is 0.291 e. The first-order valence-corrected chi connectivity index (χ1v) is 10.6. The van der Waals surface area contributed by atoms with Crippen molar-refractivity contribution in [1.82, 2.24) is 4.31 Å². The fourth-order valence-electron chi connectivity index (χ4n) is 2.91. The number of carbonyl (C=O) groups is 1. The first kappa shape index (κ1) is 19.4. The Labute approximate surface area is 159 Å². The summed E-state index contributed by atoms with van der Waals surface area (Å²) in [5, 5.41) is 2.51. The lowest BCUT2D eigenvalue weighted by atomic mass is 10.2. The average molecular weight is 392 g/mol. The zero-order valence-electron chi connectivity index (χ0n) is 15.3. The third kappa shape index (κ3) is 4.51. The highest BCUT2D eigenvalue weighted by molar-refractivity contribution is 7.89. The van der Waals surface area contributed by atoms with E-state index in [1.807, 2.05) is 13.0 Å². The van der Waals surface area contributed by atoms with E-state index in [2.05, 4.69) is 5.32 Å². The Hall–Kier alpha value is -2.32. The zero-order valence-corrected chi connectivity index (χ0v) is 16.1. The molecule has 1 aromatic heterocycles. The van der Waals surface area contributed by atoms with Crippen LogP contribution in [0.4, 0.5) is 5.69 Å². The molecule has 2 aromatic rings. The van der Waals surface area contributed by atoms with E-state index < -0.39 is 15.9 Å². The third-order valence-corrected chi connectivity index (χ3v) is 6.08. The minimum Gasteiger partial charge on any atom is -0.491 e. The summed E-state index contributed by atoms with van der Waals surface area (Å²) in [5.74, 6) is -0.0288. The van der Waals surface area contributed by atoms with Gasteiger partial charge in [-0.05, 0) is 43.5 Å². The van der Waals surface area contributed by atoms with Crippen molar-refractivity contribution in [3.8, 4) is 5.75 Å². The van der Waals surface area contributed by atoms with Crippen LogP contribution in [0.2, 0.25) is 0 Å². The van der Waals surface area contributed by atoms with Crippen LogP contribution in [0.15, 0.2) is 45.9 Å². The van der Waals surface area contributed by atoms with Crippen molar-refractivity contribution in [1.29, 1.82) is 0 Å². The summed E-state index contributed by atoms with van der Waals surface area (Å²) in [6.45, 7) is 3.49. The van der Waals surface area contributed by atoms with Gasteiger partial charge in [-0.1, -0.05) is 25.5 Å². The highest BCUT2D eigenvalue weighted by atomic mass is 32.2. The van der Waals surface area contributed by atoms with Crippen molar-refractivity contribution < 1.29 is 22.4 Å². The first-order valence-electron chi connectivity index (χ1n) is 9.15. The standard InChI is InChI=1S/C19H24N2O5S/c1-2-14-25-16-9-5-4-8-15(16)20-19(22)17-10-11-18(26-17)27(23,24)21-12-6-3-7-13-21/h4-5,8-11H,2-3,6-7,12-14H2,1H3,(H,20,22). The number of carbonyl (C=O) groups excluding carboxylic acids is 1. The number of sulfonamides is 1. The SMILES string of the molecule is CCCOc1ccccc1NC(=O)c1ccc(S(=O)(=O)N2CCCCC2)o1. The summed E-state index contributed by atoms with van der Waals surface area (Å²) in [7, 11) is -3.71. The van der Waals surface area contributed by atoms with Crippen LogP contribution in [0.25, 0.3) is 0 Å². The Kier molecular flexibility index (Phi) is 6.18. The van der Waals surface area contributed by atoms with Gasteiger partial charge in [-0.2, -0.15) is 4.31 Å². The number of amides is 1. The monoisotopic (exact) mass is 392 g/mol. The first-order chi connectivity index (χ1) is 13.0. The van der Waals surface area contributed by atoms with E-state index in [1.165, 1.54) is 16.4 Å². The van der Waals surface area contributed by atoms with Gasteiger partial charge in [-0.15, -0.1) is 0 Å². The average Bonchev–Trinajstić information content (AvgIpc) is 3.19. The molecule has 0 atom stereocenters. The second-order valence-corrected chi connectivity index (χ2v) is 8.25. The van der Waals surface area contributed by atoms with Crippen molar-refractivity contribution in [2.75, 3.05) is 25.0 Å². The van der Waals surface area contributed by atoms with E-state index in [0.717, 1.165) is 25.7 Å². The minimum atomic E-state index is -3.71. The predicted molar refractivity (Wildman–Crippen MR) is 101 cm³/mol. The van der Waals surface area contributed by atoms with Crippen molar-refractivity contribution in [3.63, 3.8) is 0 Å². The van der Waals surface area contributed by atoms with E-state index >= 15 is 0 Å². The Bertz CT molecular complexity index is 885. The van der Waals surface area contributed by atoms with Crippen LogP contribution in [-0.2, 0) is 10.0 Å². The molecule has 27 heavy (non-hydrogen) atoms. The van der Waals surface area contributed by atoms with Gasteiger partial charge in [0.05, 0.1) is 12.3 Å². The summed E-state index contributed by atoms with van der Waals surface area (Å²) < 4.78 is 37.7. The van der Waals surface area contributed by atoms with Gasteiger partial charge in [-0.25, -0.2) is 8.42 Å². The highest BCUT2D eigenvalue weighted by Crippen LogP contribution is 2.26. The maximum absolute atomic E-state index is 12.6. The topological polar surface area (TPSA) is 88.8 Å². The molecule has 1 amide bonds. The van der Waals surface area contributed by atoms with Gasteiger partial charge >= 0.3 is 0 Å². The molecule has 2 heterocycles. The lowest BCUT2D eigenvalue weighted by Crippen LogP contribution is -2.35. The van der Waals surface area contributed by atoms with Gasteiger partial charge < -0.3 is 14.5 Å². The molecule has 1 fully saturated rings. The Morgan fingerprint density at radius 2 is 1.89 bits per heavy atom. The normalized spacial score (nSPS) is 15.4. The molecule has 8 heteroatoms. The van der Waals surface area contributed by atoms with E-state index in [1.54, 1.807) is 18.2 Å². The van der Waals surface area contributed by atoms with Crippen LogP contribution in [0, 0.1) is 0 Å². The number of benzene rings is 1. The van der Waals surface area contributed by atoms with Crippen LogP contribution in [0.5, 0.6) is 5.75 Å².